The molecule has 4 nitrogen and oxygen atoms in total. The fourth-order valence-electron chi connectivity index (χ4n) is 3.23. The molecule has 3 N–H and O–H groups in total. The summed E-state index contributed by atoms with van der Waals surface area (Å²) in [4.78, 5) is 14.3. The fourth-order valence-corrected chi connectivity index (χ4v) is 3.23. The van der Waals surface area contributed by atoms with Crippen molar-refractivity contribution in [2.75, 3.05) is 14.1 Å². The highest BCUT2D eigenvalue weighted by atomic mass is 16.3. The zero-order valence-corrected chi connectivity index (χ0v) is 15.2. The van der Waals surface area contributed by atoms with Crippen LogP contribution >= 0.6 is 0 Å². The summed E-state index contributed by atoms with van der Waals surface area (Å²) in [5.74, 6) is -0.153. The van der Waals surface area contributed by atoms with Crippen molar-refractivity contribution >= 4 is 5.91 Å². The molecule has 2 rings (SSSR count). The third-order valence-electron chi connectivity index (χ3n) is 4.96. The second-order valence-electron chi connectivity index (χ2n) is 6.93. The number of hydrogen-bond donors (Lipinski definition) is 2. The molecule has 1 amide bonds. The first-order valence-corrected chi connectivity index (χ1v) is 8.67. The molecule has 0 spiro atoms. The van der Waals surface area contributed by atoms with Crippen LogP contribution in [0.4, 0.5) is 0 Å². The zero-order chi connectivity index (χ0) is 18.4. The van der Waals surface area contributed by atoms with Gasteiger partial charge in [0.15, 0.2) is 0 Å². The van der Waals surface area contributed by atoms with Gasteiger partial charge in [-0.1, -0.05) is 49.4 Å². The van der Waals surface area contributed by atoms with Gasteiger partial charge in [-0.2, -0.15) is 0 Å². The highest BCUT2D eigenvalue weighted by Gasteiger charge is 2.28. The molecule has 0 saturated carbocycles. The van der Waals surface area contributed by atoms with Gasteiger partial charge in [0.05, 0.1) is 0 Å². The Bertz CT molecular complexity index is 668. The van der Waals surface area contributed by atoms with Gasteiger partial charge in [0.1, 0.15) is 5.75 Å². The van der Waals surface area contributed by atoms with Crippen LogP contribution in [0, 0.1) is 5.92 Å². The van der Waals surface area contributed by atoms with Crippen LogP contribution in [0.25, 0.3) is 0 Å². The van der Waals surface area contributed by atoms with Crippen molar-refractivity contribution in [1.29, 1.82) is 0 Å². The first-order valence-electron chi connectivity index (χ1n) is 8.67. The first-order chi connectivity index (χ1) is 11.9. The van der Waals surface area contributed by atoms with Crippen molar-refractivity contribution in [3.05, 3.63) is 65.7 Å². The molecule has 2 aromatic rings. The first kappa shape index (κ1) is 19.0. The van der Waals surface area contributed by atoms with Crippen molar-refractivity contribution in [1.82, 2.24) is 4.90 Å². The number of likely N-dealkylation sites (N-methyl/N-ethyl adjacent to an activating group) is 1. The number of amides is 1. The van der Waals surface area contributed by atoms with Gasteiger partial charge in [0.2, 0.25) is 5.91 Å². The Morgan fingerprint density at radius 1 is 1.08 bits per heavy atom. The predicted molar refractivity (Wildman–Crippen MR) is 101 cm³/mol. The SMILES string of the molecule is CC(c1ccccc1)C(C[C@@H](Cc1ccc(O)cc1)N(C)C)C(N)=O. The smallest absolute Gasteiger partial charge is 0.221 e. The Balaban J connectivity index is 2.16. The maximum Gasteiger partial charge on any atom is 0.221 e. The molecule has 0 heterocycles. The Kier molecular flexibility index (Phi) is 6.59. The maximum atomic E-state index is 12.1. The molecule has 0 fully saturated rings. The maximum absolute atomic E-state index is 12.1. The number of benzene rings is 2. The number of carbonyl (C=O) groups excluding carboxylic acids is 1. The van der Waals surface area contributed by atoms with E-state index in [4.69, 9.17) is 5.73 Å². The summed E-state index contributed by atoms with van der Waals surface area (Å²) in [7, 11) is 4.05. The van der Waals surface area contributed by atoms with E-state index in [-0.39, 0.29) is 29.5 Å². The summed E-state index contributed by atoms with van der Waals surface area (Å²) in [5, 5.41) is 9.45. The van der Waals surface area contributed by atoms with E-state index in [9.17, 15) is 9.90 Å². The number of carbonyl (C=O) groups is 1. The second kappa shape index (κ2) is 8.67. The van der Waals surface area contributed by atoms with Gasteiger partial charge < -0.3 is 15.7 Å². The molecule has 0 aliphatic heterocycles. The molecule has 3 atom stereocenters. The van der Waals surface area contributed by atoms with Gasteiger partial charge in [0, 0.05) is 12.0 Å². The zero-order valence-electron chi connectivity index (χ0n) is 15.2. The van der Waals surface area contributed by atoms with Crippen LogP contribution in [0.15, 0.2) is 54.6 Å². The highest BCUT2D eigenvalue weighted by Crippen LogP contribution is 2.29. The lowest BCUT2D eigenvalue weighted by Crippen LogP contribution is -2.37. The van der Waals surface area contributed by atoms with Crippen LogP contribution < -0.4 is 5.73 Å². The molecule has 0 aromatic heterocycles. The minimum Gasteiger partial charge on any atom is -0.508 e. The van der Waals surface area contributed by atoms with Crippen molar-refractivity contribution in [3.8, 4) is 5.75 Å². The van der Waals surface area contributed by atoms with E-state index in [1.807, 2.05) is 56.6 Å². The average molecular weight is 340 g/mol. The normalized spacial score (nSPS) is 14.9. The van der Waals surface area contributed by atoms with Crippen molar-refractivity contribution in [2.24, 2.45) is 11.7 Å². The molecule has 0 aliphatic carbocycles. The van der Waals surface area contributed by atoms with E-state index in [0.717, 1.165) is 17.5 Å². The second-order valence-corrected chi connectivity index (χ2v) is 6.93. The summed E-state index contributed by atoms with van der Waals surface area (Å²) in [6, 6.07) is 17.5. The lowest BCUT2D eigenvalue weighted by Gasteiger charge is -2.30. The molecule has 2 unspecified atom stereocenters. The number of phenolic OH excluding ortho intramolecular Hbond substituents is 1. The number of phenols is 1. The van der Waals surface area contributed by atoms with Crippen molar-refractivity contribution in [3.63, 3.8) is 0 Å². The molecule has 25 heavy (non-hydrogen) atoms. The third kappa shape index (κ3) is 5.33. The Hall–Kier alpha value is -2.33. The minimum atomic E-state index is -0.256. The summed E-state index contributed by atoms with van der Waals surface area (Å²) in [6.45, 7) is 2.07. The van der Waals surface area contributed by atoms with Crippen LogP contribution in [-0.2, 0) is 11.2 Å². The van der Waals surface area contributed by atoms with E-state index in [1.165, 1.54) is 0 Å². The fraction of sp³-hybridized carbons (Fsp3) is 0.381. The van der Waals surface area contributed by atoms with Gasteiger partial charge in [-0.3, -0.25) is 4.79 Å². The Labute approximate surface area is 150 Å². The number of rotatable bonds is 8. The van der Waals surface area contributed by atoms with Crippen LogP contribution in [0.2, 0.25) is 0 Å². The van der Waals surface area contributed by atoms with Crippen LogP contribution in [0.5, 0.6) is 5.75 Å². The summed E-state index contributed by atoms with van der Waals surface area (Å²) in [6.07, 6.45) is 1.50. The molecule has 0 bridgehead atoms. The number of aromatic hydroxyl groups is 1. The van der Waals surface area contributed by atoms with Crippen molar-refractivity contribution < 1.29 is 9.90 Å². The lowest BCUT2D eigenvalue weighted by atomic mass is 9.81. The van der Waals surface area contributed by atoms with Gasteiger partial charge >= 0.3 is 0 Å². The lowest BCUT2D eigenvalue weighted by molar-refractivity contribution is -0.123. The topological polar surface area (TPSA) is 66.6 Å². The molecule has 0 radical (unpaired) electrons. The number of hydrogen-bond acceptors (Lipinski definition) is 3. The van der Waals surface area contributed by atoms with E-state index in [2.05, 4.69) is 11.8 Å². The Morgan fingerprint density at radius 2 is 1.68 bits per heavy atom. The highest BCUT2D eigenvalue weighted by molar-refractivity contribution is 5.77. The van der Waals surface area contributed by atoms with Crippen molar-refractivity contribution in [2.45, 2.75) is 31.7 Å². The molecule has 0 aliphatic rings. The Morgan fingerprint density at radius 3 is 2.20 bits per heavy atom. The van der Waals surface area contributed by atoms with E-state index in [0.29, 0.717) is 6.42 Å². The number of nitrogens with zero attached hydrogens (tertiary/aromatic N) is 1. The largest absolute Gasteiger partial charge is 0.508 e. The van der Waals surface area contributed by atoms with Gasteiger partial charge in [-0.05, 0) is 56.1 Å². The van der Waals surface area contributed by atoms with Crippen LogP contribution in [0.3, 0.4) is 0 Å². The quantitative estimate of drug-likeness (QED) is 0.776. The molecule has 134 valence electrons. The third-order valence-corrected chi connectivity index (χ3v) is 4.96. The average Bonchev–Trinajstić information content (AvgIpc) is 2.60. The summed E-state index contributed by atoms with van der Waals surface area (Å²) in [5.41, 5.74) is 8.01. The number of nitrogens with two attached hydrogens (primary N) is 1. The molecule has 2 aromatic carbocycles. The van der Waals surface area contributed by atoms with E-state index in [1.54, 1.807) is 12.1 Å². The predicted octanol–water partition coefficient (Wildman–Crippen LogP) is 3.16. The van der Waals surface area contributed by atoms with Crippen LogP contribution in [-0.4, -0.2) is 36.1 Å². The minimum absolute atomic E-state index is 0.0703. The van der Waals surface area contributed by atoms with Gasteiger partial charge in [0.25, 0.3) is 0 Å². The molecule has 0 saturated heterocycles. The monoisotopic (exact) mass is 340 g/mol. The summed E-state index contributed by atoms with van der Waals surface area (Å²) >= 11 is 0. The van der Waals surface area contributed by atoms with Gasteiger partial charge in [-0.15, -0.1) is 0 Å². The van der Waals surface area contributed by atoms with E-state index >= 15 is 0 Å². The standard InChI is InChI=1S/C21H28N2O2/c1-15(17-7-5-4-6-8-17)20(21(22)25)14-18(23(2)3)13-16-9-11-19(24)12-10-16/h4-12,15,18,20,24H,13-14H2,1-3H3,(H2,22,25)/t15?,18-,20?/m1/s1. The van der Waals surface area contributed by atoms with Gasteiger partial charge in [-0.25, -0.2) is 0 Å². The number of primary amides is 1. The summed E-state index contributed by atoms with van der Waals surface area (Å²) < 4.78 is 0. The molecule has 4 heteroatoms. The van der Waals surface area contributed by atoms with E-state index < -0.39 is 0 Å². The molecular formula is C21H28N2O2. The molecular weight excluding hydrogens is 312 g/mol. The van der Waals surface area contributed by atoms with Crippen LogP contribution in [0.1, 0.15) is 30.4 Å².